The highest BCUT2D eigenvalue weighted by Gasteiger charge is 2.35. The SMILES string of the molecule is CCCCC1(Cn2ccnc2)SCC(C)CS1. The molecule has 1 aromatic heterocycles. The van der Waals surface area contributed by atoms with Crippen molar-refractivity contribution in [3.8, 4) is 0 Å². The molecule has 2 heterocycles. The number of nitrogens with zero attached hydrogens (tertiary/aromatic N) is 2. The molecule has 0 bridgehead atoms. The maximum atomic E-state index is 4.16. The summed E-state index contributed by atoms with van der Waals surface area (Å²) in [7, 11) is 0. The van der Waals surface area contributed by atoms with Gasteiger partial charge in [-0.25, -0.2) is 4.98 Å². The summed E-state index contributed by atoms with van der Waals surface area (Å²) < 4.78 is 2.63. The molecule has 1 aliphatic rings. The third-order valence-electron chi connectivity index (χ3n) is 3.16. The molecule has 1 fully saturated rings. The van der Waals surface area contributed by atoms with Crippen molar-refractivity contribution in [3.63, 3.8) is 0 Å². The minimum absolute atomic E-state index is 0.392. The van der Waals surface area contributed by atoms with Gasteiger partial charge in [-0.15, -0.1) is 23.5 Å². The maximum Gasteiger partial charge on any atom is 0.0946 e. The summed E-state index contributed by atoms with van der Waals surface area (Å²) in [5.74, 6) is 3.49. The van der Waals surface area contributed by atoms with E-state index in [0.29, 0.717) is 4.08 Å². The summed E-state index contributed by atoms with van der Waals surface area (Å²) >= 11 is 4.34. The molecule has 1 aromatic rings. The molecule has 0 aromatic carbocycles. The fourth-order valence-corrected chi connectivity index (χ4v) is 5.46. The van der Waals surface area contributed by atoms with E-state index in [1.807, 2.05) is 12.5 Å². The molecule has 1 aliphatic heterocycles. The van der Waals surface area contributed by atoms with Gasteiger partial charge < -0.3 is 4.57 Å². The molecule has 4 heteroatoms. The first-order valence-corrected chi connectivity index (χ1v) is 8.45. The summed E-state index contributed by atoms with van der Waals surface area (Å²) in [6, 6.07) is 0. The quantitative estimate of drug-likeness (QED) is 0.808. The minimum atomic E-state index is 0.392. The number of aromatic nitrogens is 2. The second kappa shape index (κ2) is 6.19. The van der Waals surface area contributed by atoms with Crippen molar-refractivity contribution in [2.45, 2.75) is 43.7 Å². The third kappa shape index (κ3) is 3.68. The van der Waals surface area contributed by atoms with Crippen molar-refractivity contribution >= 4 is 23.5 Å². The Hall–Kier alpha value is -0.0900. The zero-order valence-corrected chi connectivity index (χ0v) is 12.4. The van der Waals surface area contributed by atoms with Crippen LogP contribution in [0, 0.1) is 5.92 Å². The second-order valence-electron chi connectivity index (χ2n) is 4.98. The molecule has 0 spiro atoms. The molecule has 96 valence electrons. The Kier molecular flexibility index (Phi) is 4.86. The average molecular weight is 270 g/mol. The Morgan fingerprint density at radius 3 is 2.76 bits per heavy atom. The number of hydrogen-bond donors (Lipinski definition) is 0. The van der Waals surface area contributed by atoms with Gasteiger partial charge >= 0.3 is 0 Å². The molecule has 2 nitrogen and oxygen atoms in total. The zero-order chi connectivity index (χ0) is 12.1. The smallest absolute Gasteiger partial charge is 0.0946 e. The topological polar surface area (TPSA) is 17.8 Å². The van der Waals surface area contributed by atoms with Crippen LogP contribution in [0.15, 0.2) is 18.7 Å². The molecular weight excluding hydrogens is 248 g/mol. The number of imidazole rings is 1. The van der Waals surface area contributed by atoms with Crippen LogP contribution in [0.5, 0.6) is 0 Å². The van der Waals surface area contributed by atoms with Crippen LogP contribution in [0.3, 0.4) is 0 Å². The van der Waals surface area contributed by atoms with E-state index < -0.39 is 0 Å². The summed E-state index contributed by atoms with van der Waals surface area (Å²) in [5.41, 5.74) is 0. The van der Waals surface area contributed by atoms with Gasteiger partial charge in [-0.2, -0.15) is 0 Å². The van der Waals surface area contributed by atoms with Gasteiger partial charge in [0, 0.05) is 18.9 Å². The Morgan fingerprint density at radius 1 is 1.41 bits per heavy atom. The summed E-state index contributed by atoms with van der Waals surface area (Å²) in [6.07, 6.45) is 9.88. The number of hydrogen-bond acceptors (Lipinski definition) is 3. The average Bonchev–Trinajstić information content (AvgIpc) is 2.83. The molecule has 0 amide bonds. The van der Waals surface area contributed by atoms with Gasteiger partial charge in [0.05, 0.1) is 10.4 Å². The van der Waals surface area contributed by atoms with E-state index in [4.69, 9.17) is 0 Å². The molecule has 0 radical (unpaired) electrons. The number of thioether (sulfide) groups is 2. The van der Waals surface area contributed by atoms with Crippen LogP contribution in [0.25, 0.3) is 0 Å². The Bertz CT molecular complexity index is 311. The summed E-state index contributed by atoms with van der Waals surface area (Å²) in [6.45, 7) is 5.75. The first-order valence-electron chi connectivity index (χ1n) is 6.48. The van der Waals surface area contributed by atoms with E-state index in [1.165, 1.54) is 30.8 Å². The molecular formula is C13H22N2S2. The van der Waals surface area contributed by atoms with E-state index in [9.17, 15) is 0 Å². The predicted molar refractivity (Wildman–Crippen MR) is 78.6 cm³/mol. The van der Waals surface area contributed by atoms with Crippen molar-refractivity contribution in [2.75, 3.05) is 11.5 Å². The second-order valence-corrected chi connectivity index (χ2v) is 8.04. The monoisotopic (exact) mass is 270 g/mol. The van der Waals surface area contributed by atoms with E-state index in [-0.39, 0.29) is 0 Å². The van der Waals surface area contributed by atoms with Gasteiger partial charge in [0.1, 0.15) is 0 Å². The Balaban J connectivity index is 2.01. The van der Waals surface area contributed by atoms with Crippen LogP contribution in [0.2, 0.25) is 0 Å². The number of rotatable bonds is 5. The third-order valence-corrected chi connectivity index (χ3v) is 7.05. The lowest BCUT2D eigenvalue weighted by atomic mass is 10.2. The van der Waals surface area contributed by atoms with E-state index in [1.54, 1.807) is 0 Å². The zero-order valence-electron chi connectivity index (χ0n) is 10.8. The highest BCUT2D eigenvalue weighted by molar-refractivity contribution is 8.18. The van der Waals surface area contributed by atoms with Crippen LogP contribution in [0.1, 0.15) is 33.1 Å². The summed E-state index contributed by atoms with van der Waals surface area (Å²) in [4.78, 5) is 4.16. The van der Waals surface area contributed by atoms with Gasteiger partial charge in [-0.1, -0.05) is 26.7 Å². The van der Waals surface area contributed by atoms with Crippen molar-refractivity contribution in [3.05, 3.63) is 18.7 Å². The van der Waals surface area contributed by atoms with Crippen molar-refractivity contribution in [1.82, 2.24) is 9.55 Å². The molecule has 1 saturated heterocycles. The van der Waals surface area contributed by atoms with E-state index in [2.05, 4.69) is 53.1 Å². The van der Waals surface area contributed by atoms with Crippen LogP contribution in [0.4, 0.5) is 0 Å². The lowest BCUT2D eigenvalue weighted by Gasteiger charge is -2.38. The van der Waals surface area contributed by atoms with Crippen molar-refractivity contribution < 1.29 is 0 Å². The Morgan fingerprint density at radius 2 is 2.18 bits per heavy atom. The molecule has 0 unspecified atom stereocenters. The first-order chi connectivity index (χ1) is 8.24. The lowest BCUT2D eigenvalue weighted by molar-refractivity contribution is 0.555. The summed E-state index contributed by atoms with van der Waals surface area (Å²) in [5, 5.41) is 0. The number of unbranched alkanes of at least 4 members (excludes halogenated alkanes) is 1. The fraction of sp³-hybridized carbons (Fsp3) is 0.769. The normalized spacial score (nSPS) is 29.4. The maximum absolute atomic E-state index is 4.16. The van der Waals surface area contributed by atoms with Gasteiger partial charge in [0.25, 0.3) is 0 Å². The van der Waals surface area contributed by atoms with Gasteiger partial charge in [-0.05, 0) is 23.8 Å². The molecule has 0 atom stereocenters. The predicted octanol–water partition coefficient (Wildman–Crippen LogP) is 3.89. The van der Waals surface area contributed by atoms with Crippen LogP contribution in [-0.4, -0.2) is 25.1 Å². The fourth-order valence-electron chi connectivity index (χ4n) is 2.10. The van der Waals surface area contributed by atoms with Gasteiger partial charge in [0.2, 0.25) is 0 Å². The van der Waals surface area contributed by atoms with Crippen molar-refractivity contribution in [1.29, 1.82) is 0 Å². The largest absolute Gasteiger partial charge is 0.335 e. The standard InChI is InChI=1S/C13H22N2S2/c1-3-4-5-13(10-15-7-6-14-11-15)16-8-12(2)9-17-13/h6-7,11-12H,3-5,8-10H2,1-2H3. The minimum Gasteiger partial charge on any atom is -0.335 e. The van der Waals surface area contributed by atoms with Crippen LogP contribution in [-0.2, 0) is 6.54 Å². The van der Waals surface area contributed by atoms with Crippen LogP contribution >= 0.6 is 23.5 Å². The van der Waals surface area contributed by atoms with Gasteiger partial charge in [-0.3, -0.25) is 0 Å². The molecule has 0 N–H and O–H groups in total. The van der Waals surface area contributed by atoms with Crippen LogP contribution < -0.4 is 0 Å². The highest BCUT2D eigenvalue weighted by atomic mass is 32.2. The van der Waals surface area contributed by atoms with E-state index in [0.717, 1.165) is 12.5 Å². The molecule has 0 saturated carbocycles. The first kappa shape index (κ1) is 13.3. The molecule has 17 heavy (non-hydrogen) atoms. The van der Waals surface area contributed by atoms with E-state index >= 15 is 0 Å². The highest BCUT2D eigenvalue weighted by Crippen LogP contribution is 2.48. The molecule has 2 rings (SSSR count). The van der Waals surface area contributed by atoms with Gasteiger partial charge in [0.15, 0.2) is 0 Å². The molecule has 0 aliphatic carbocycles. The lowest BCUT2D eigenvalue weighted by Crippen LogP contribution is -2.33. The Labute approximate surface area is 113 Å². The van der Waals surface area contributed by atoms with Crippen molar-refractivity contribution in [2.24, 2.45) is 5.92 Å².